The second kappa shape index (κ2) is 17.3. The average molecular weight is 844 g/mol. The summed E-state index contributed by atoms with van der Waals surface area (Å²) in [4.78, 5) is 64.6. The van der Waals surface area contributed by atoms with Crippen LogP contribution in [-0.4, -0.2) is 121 Å². The van der Waals surface area contributed by atoms with E-state index in [1.165, 1.54) is 4.90 Å². The van der Waals surface area contributed by atoms with Crippen molar-refractivity contribution in [2.24, 2.45) is 13.0 Å². The van der Waals surface area contributed by atoms with E-state index in [1.54, 1.807) is 32.0 Å². The van der Waals surface area contributed by atoms with Gasteiger partial charge in [0.15, 0.2) is 0 Å². The van der Waals surface area contributed by atoms with Crippen molar-refractivity contribution in [2.45, 2.75) is 70.1 Å². The molecule has 5 aliphatic rings. The van der Waals surface area contributed by atoms with Crippen LogP contribution in [0.4, 0.5) is 5.69 Å². The van der Waals surface area contributed by atoms with Crippen LogP contribution in [0.2, 0.25) is 0 Å². The maximum Gasteiger partial charge on any atom is 0.259 e. The molecule has 2 aromatic heterocycles. The fourth-order valence-electron chi connectivity index (χ4n) is 10.0. The number of benzene rings is 2. The van der Waals surface area contributed by atoms with E-state index in [1.807, 2.05) is 25.3 Å². The van der Waals surface area contributed by atoms with E-state index in [0.717, 1.165) is 122 Å². The number of aryl methyl sites for hydroxylation is 1. The van der Waals surface area contributed by atoms with Gasteiger partial charge in [0.05, 0.1) is 36.8 Å². The van der Waals surface area contributed by atoms with Crippen molar-refractivity contribution < 1.29 is 28.6 Å². The number of anilines is 1. The second-order valence-electron chi connectivity index (χ2n) is 17.5. The number of amides is 3. The van der Waals surface area contributed by atoms with Crippen LogP contribution in [0.1, 0.15) is 78.5 Å². The van der Waals surface area contributed by atoms with Crippen molar-refractivity contribution in [3.63, 3.8) is 0 Å². The van der Waals surface area contributed by atoms with Gasteiger partial charge in [0.2, 0.25) is 11.8 Å². The van der Waals surface area contributed by atoms with Crippen molar-refractivity contribution in [3.8, 4) is 22.6 Å². The number of rotatable bonds is 13. The van der Waals surface area contributed by atoms with E-state index in [0.29, 0.717) is 42.1 Å². The number of fused-ring (bicyclic) bond motifs is 2. The topological polar surface area (TPSA) is 139 Å². The molecule has 1 aliphatic carbocycles. The van der Waals surface area contributed by atoms with Gasteiger partial charge in [0, 0.05) is 112 Å². The molecule has 14 heteroatoms. The van der Waals surface area contributed by atoms with Gasteiger partial charge in [-0.25, -0.2) is 0 Å². The molecule has 4 aliphatic heterocycles. The molecular formula is C48H57N7O7. The average Bonchev–Trinajstić information content (AvgIpc) is 4.02. The smallest absolute Gasteiger partial charge is 0.259 e. The number of pyridine rings is 2. The number of piperidine rings is 2. The standard InChI is InChI=1S/C48H57N7O7/c1-6-62-44-25-36(44)40-24-34-37(26-49-40)47(58)51(3)27-38(34)31-21-42(60-4)39(43(22-31)61-5)28-53-19-17-52(18-20-53)14-11-30-12-15-54(16-13-30)32-7-8-33-29(2)55(48(59)35(33)23-32)41-9-10-45(56)50-46(41)57/h7-8,21-24,26-27,30,36,41,44H,2,6,9-20,25,28H2,1,3-5H3,(H,50,56,57). The van der Waals surface area contributed by atoms with Crippen LogP contribution in [0, 0.1) is 5.92 Å². The highest BCUT2D eigenvalue weighted by molar-refractivity contribution is 6.13. The number of carbonyl (C=O) groups is 3. The molecule has 0 bridgehead atoms. The maximum absolute atomic E-state index is 13.5. The number of nitrogens with zero attached hydrogens (tertiary/aromatic N) is 6. The summed E-state index contributed by atoms with van der Waals surface area (Å²) in [7, 11) is 5.18. The van der Waals surface area contributed by atoms with Crippen molar-refractivity contribution in [3.05, 3.63) is 88.1 Å². The minimum absolute atomic E-state index is 0.0818. The van der Waals surface area contributed by atoms with Crippen LogP contribution in [0.15, 0.2) is 60.2 Å². The highest BCUT2D eigenvalue weighted by Gasteiger charge is 2.42. The Bertz CT molecular complexity index is 2460. The lowest BCUT2D eigenvalue weighted by atomic mass is 9.92. The Hall–Kier alpha value is -5.57. The molecule has 62 heavy (non-hydrogen) atoms. The third-order valence-corrected chi connectivity index (χ3v) is 13.8. The predicted octanol–water partition coefficient (Wildman–Crippen LogP) is 5.17. The molecule has 3 saturated heterocycles. The van der Waals surface area contributed by atoms with Crippen molar-refractivity contribution >= 4 is 39.9 Å². The molecule has 2 aromatic carbocycles. The van der Waals surface area contributed by atoms with Gasteiger partial charge in [-0.2, -0.15) is 0 Å². The molecule has 3 atom stereocenters. The van der Waals surface area contributed by atoms with Gasteiger partial charge in [-0.15, -0.1) is 0 Å². The van der Waals surface area contributed by atoms with E-state index >= 15 is 0 Å². The molecule has 14 nitrogen and oxygen atoms in total. The maximum atomic E-state index is 13.5. The molecule has 3 amide bonds. The molecular weight excluding hydrogens is 787 g/mol. The van der Waals surface area contributed by atoms with Gasteiger partial charge in [0.1, 0.15) is 17.5 Å². The van der Waals surface area contributed by atoms with E-state index < -0.39 is 11.9 Å². The van der Waals surface area contributed by atoms with Crippen LogP contribution in [0.3, 0.4) is 0 Å². The van der Waals surface area contributed by atoms with Gasteiger partial charge in [-0.3, -0.25) is 39.3 Å². The third kappa shape index (κ3) is 7.99. The first-order valence-electron chi connectivity index (χ1n) is 22.1. The molecule has 4 fully saturated rings. The molecule has 6 heterocycles. The summed E-state index contributed by atoms with van der Waals surface area (Å²) in [6.45, 7) is 14.3. The summed E-state index contributed by atoms with van der Waals surface area (Å²) in [6.07, 6.45) is 8.58. The van der Waals surface area contributed by atoms with Crippen LogP contribution in [0.25, 0.3) is 27.6 Å². The highest BCUT2D eigenvalue weighted by Crippen LogP contribution is 2.44. The predicted molar refractivity (Wildman–Crippen MR) is 237 cm³/mol. The number of hydrogen-bond donors (Lipinski definition) is 1. The summed E-state index contributed by atoms with van der Waals surface area (Å²) in [5.41, 5.74) is 6.58. The first-order valence-corrected chi connectivity index (χ1v) is 22.1. The number of hydrogen-bond acceptors (Lipinski definition) is 11. The monoisotopic (exact) mass is 843 g/mol. The zero-order valence-corrected chi connectivity index (χ0v) is 36.3. The largest absolute Gasteiger partial charge is 0.496 e. The Balaban J connectivity index is 0.789. The first kappa shape index (κ1) is 41.8. The van der Waals surface area contributed by atoms with E-state index in [9.17, 15) is 19.2 Å². The number of methoxy groups -OCH3 is 2. The van der Waals surface area contributed by atoms with Gasteiger partial charge >= 0.3 is 0 Å². The number of aromatic nitrogens is 2. The Labute approximate surface area is 362 Å². The van der Waals surface area contributed by atoms with Crippen LogP contribution < -0.4 is 25.2 Å². The summed E-state index contributed by atoms with van der Waals surface area (Å²) >= 11 is 0. The molecule has 1 N–H and O–H groups in total. The lowest BCUT2D eigenvalue weighted by Gasteiger charge is -2.37. The minimum Gasteiger partial charge on any atom is -0.496 e. The molecule has 4 aromatic rings. The SMILES string of the molecule is C=C1c2ccc(N3CCC(CCN4CCN(Cc5c(OC)cc(-c6cn(C)c(=O)c7cnc(C8CC8OCC)cc67)cc5OC)CC4)CC3)cc2C(=O)N1C1CCC(=O)NC1=O. The van der Waals surface area contributed by atoms with E-state index in [4.69, 9.17) is 14.2 Å². The van der Waals surface area contributed by atoms with Crippen molar-refractivity contribution in [1.82, 2.24) is 29.6 Å². The normalized spacial score (nSPS) is 22.4. The van der Waals surface area contributed by atoms with E-state index in [2.05, 4.69) is 55.8 Å². The lowest BCUT2D eigenvalue weighted by Crippen LogP contribution is -2.52. The molecule has 326 valence electrons. The fraction of sp³-hybridized carbons (Fsp3) is 0.479. The Morgan fingerprint density at radius 2 is 1.58 bits per heavy atom. The van der Waals surface area contributed by atoms with Gasteiger partial charge in [-0.1, -0.05) is 12.6 Å². The molecule has 9 rings (SSSR count). The van der Waals surface area contributed by atoms with Crippen LogP contribution in [0.5, 0.6) is 11.5 Å². The Kier molecular flexibility index (Phi) is 11.7. The van der Waals surface area contributed by atoms with Gasteiger partial charge < -0.3 is 28.6 Å². The van der Waals surface area contributed by atoms with Gasteiger partial charge in [0.25, 0.3) is 11.5 Å². The zero-order valence-electron chi connectivity index (χ0n) is 36.3. The number of nitrogens with one attached hydrogen (secondary N) is 1. The molecule has 1 saturated carbocycles. The first-order chi connectivity index (χ1) is 30.0. The summed E-state index contributed by atoms with van der Waals surface area (Å²) in [5.74, 6) is 1.43. The lowest BCUT2D eigenvalue weighted by molar-refractivity contribution is -0.136. The Morgan fingerprint density at radius 1 is 0.855 bits per heavy atom. The van der Waals surface area contributed by atoms with Crippen molar-refractivity contribution in [1.29, 1.82) is 0 Å². The van der Waals surface area contributed by atoms with E-state index in [-0.39, 0.29) is 35.8 Å². The fourth-order valence-corrected chi connectivity index (χ4v) is 10.0. The summed E-state index contributed by atoms with van der Waals surface area (Å²) in [5, 5.41) is 3.81. The van der Waals surface area contributed by atoms with Crippen LogP contribution in [-0.2, 0) is 27.9 Å². The third-order valence-electron chi connectivity index (χ3n) is 13.8. The number of carbonyl (C=O) groups excluding carboxylic acids is 3. The molecule has 0 radical (unpaired) electrons. The van der Waals surface area contributed by atoms with Crippen molar-refractivity contribution in [2.75, 3.05) is 71.5 Å². The number of imide groups is 1. The zero-order chi connectivity index (χ0) is 43.2. The second-order valence-corrected chi connectivity index (χ2v) is 17.5. The molecule has 0 spiro atoms. The van der Waals surface area contributed by atoms with Crippen LogP contribution >= 0.6 is 0 Å². The quantitative estimate of drug-likeness (QED) is 0.179. The minimum atomic E-state index is -0.719. The number of piperazine rings is 1. The molecule has 3 unspecified atom stereocenters. The summed E-state index contributed by atoms with van der Waals surface area (Å²) < 4.78 is 19.5. The highest BCUT2D eigenvalue weighted by atomic mass is 16.5. The summed E-state index contributed by atoms with van der Waals surface area (Å²) in [6, 6.07) is 11.4. The number of ether oxygens (including phenoxy) is 3. The Morgan fingerprint density at radius 3 is 2.27 bits per heavy atom. The van der Waals surface area contributed by atoms with Gasteiger partial charge in [-0.05, 0) is 92.8 Å².